The van der Waals surface area contributed by atoms with Gasteiger partial charge in [0.2, 0.25) is 5.91 Å². The summed E-state index contributed by atoms with van der Waals surface area (Å²) in [4.78, 5) is 25.9. The molecule has 0 saturated heterocycles. The van der Waals surface area contributed by atoms with Crippen LogP contribution in [-0.4, -0.2) is 36.7 Å². The van der Waals surface area contributed by atoms with E-state index in [-0.39, 0.29) is 29.9 Å². The Hall–Kier alpha value is -1.59. The third-order valence-electron chi connectivity index (χ3n) is 6.95. The van der Waals surface area contributed by atoms with Crippen LogP contribution in [0.2, 0.25) is 5.02 Å². The molecule has 0 spiro atoms. The largest absolute Gasteiger partial charge is 0.481 e. The monoisotopic (exact) mass is 435 g/mol. The molecular weight excluding hydrogens is 402 g/mol. The average molecular weight is 436 g/mol. The van der Waals surface area contributed by atoms with Crippen LogP contribution < -0.4 is 5.32 Å². The van der Waals surface area contributed by atoms with E-state index in [1.54, 1.807) is 0 Å². The van der Waals surface area contributed by atoms with Crippen molar-refractivity contribution in [3.05, 3.63) is 34.9 Å². The van der Waals surface area contributed by atoms with Crippen molar-refractivity contribution in [2.24, 2.45) is 22.7 Å². The number of carboxylic acids is 1. The summed E-state index contributed by atoms with van der Waals surface area (Å²) >= 11 is 5.99. The topological polar surface area (TPSA) is 75.6 Å². The number of hydrogen-bond donors (Lipinski definition) is 2. The van der Waals surface area contributed by atoms with E-state index < -0.39 is 17.3 Å². The Morgan fingerprint density at radius 2 is 1.83 bits per heavy atom. The van der Waals surface area contributed by atoms with Gasteiger partial charge in [0.05, 0.1) is 17.9 Å². The number of carboxylic acid groups (broad SMARTS) is 1. The molecule has 1 aromatic rings. The molecule has 2 aliphatic rings. The summed E-state index contributed by atoms with van der Waals surface area (Å²) in [5.41, 5.74) is 0.162. The van der Waals surface area contributed by atoms with E-state index in [1.165, 1.54) is 12.7 Å². The molecular formula is C24H34ClNO4. The maximum absolute atomic E-state index is 13.7. The van der Waals surface area contributed by atoms with Gasteiger partial charge >= 0.3 is 5.97 Å². The van der Waals surface area contributed by atoms with Crippen molar-refractivity contribution in [2.45, 2.75) is 64.8 Å². The zero-order valence-electron chi connectivity index (χ0n) is 18.4. The first-order valence-corrected chi connectivity index (χ1v) is 11.3. The summed E-state index contributed by atoms with van der Waals surface area (Å²) in [6, 6.07) is 7.89. The lowest BCUT2D eigenvalue weighted by atomic mass is 9.57. The quantitative estimate of drug-likeness (QED) is 0.610. The molecule has 5 nitrogen and oxygen atoms in total. The lowest BCUT2D eigenvalue weighted by Crippen LogP contribution is -2.54. The van der Waals surface area contributed by atoms with Crippen LogP contribution >= 0.6 is 11.6 Å². The van der Waals surface area contributed by atoms with E-state index in [0.29, 0.717) is 10.9 Å². The Bertz CT molecular complexity index is 764. The second-order valence-corrected chi connectivity index (χ2v) is 10.5. The van der Waals surface area contributed by atoms with E-state index in [2.05, 4.69) is 5.32 Å². The van der Waals surface area contributed by atoms with Gasteiger partial charge in [0, 0.05) is 24.1 Å². The summed E-state index contributed by atoms with van der Waals surface area (Å²) in [5, 5.41) is 14.0. The van der Waals surface area contributed by atoms with Crippen LogP contribution in [0.5, 0.6) is 0 Å². The highest BCUT2D eigenvalue weighted by Crippen LogP contribution is 2.55. The number of nitrogens with one attached hydrogen (secondary N) is 1. The molecule has 0 aliphatic heterocycles. The molecule has 0 aromatic heterocycles. The molecule has 0 bridgehead atoms. The van der Waals surface area contributed by atoms with Gasteiger partial charge in [0.1, 0.15) is 0 Å². The molecule has 2 N–H and O–H groups in total. The summed E-state index contributed by atoms with van der Waals surface area (Å²) in [5.74, 6) is -1.60. The van der Waals surface area contributed by atoms with Crippen LogP contribution in [-0.2, 0) is 14.3 Å². The first kappa shape index (κ1) is 23.1. The molecule has 1 aromatic carbocycles. The van der Waals surface area contributed by atoms with Crippen LogP contribution in [0.3, 0.4) is 0 Å². The van der Waals surface area contributed by atoms with Gasteiger partial charge in [-0.05, 0) is 48.3 Å². The molecule has 2 saturated carbocycles. The van der Waals surface area contributed by atoms with Crippen molar-refractivity contribution >= 4 is 23.5 Å². The molecule has 166 valence electrons. The lowest BCUT2D eigenvalue weighted by molar-refractivity contribution is -0.157. The van der Waals surface area contributed by atoms with Gasteiger partial charge in [0.25, 0.3) is 0 Å². The Morgan fingerprint density at radius 1 is 1.23 bits per heavy atom. The smallest absolute Gasteiger partial charge is 0.309 e. The number of carbonyl (C=O) groups excluding carboxylic acids is 1. The number of carbonyl (C=O) groups is 2. The van der Waals surface area contributed by atoms with Gasteiger partial charge < -0.3 is 15.2 Å². The number of benzene rings is 1. The Kier molecular flexibility index (Phi) is 6.83. The summed E-state index contributed by atoms with van der Waals surface area (Å²) < 4.78 is 5.28. The number of ether oxygens (including phenoxy) is 1. The average Bonchev–Trinajstić information content (AvgIpc) is 3.24. The Morgan fingerprint density at radius 3 is 2.33 bits per heavy atom. The third-order valence-corrected chi connectivity index (χ3v) is 7.20. The Balaban J connectivity index is 1.84. The van der Waals surface area contributed by atoms with Crippen LogP contribution in [0.15, 0.2) is 24.3 Å². The minimum absolute atomic E-state index is 0.0174. The van der Waals surface area contributed by atoms with E-state index in [4.69, 9.17) is 16.3 Å². The zero-order valence-corrected chi connectivity index (χ0v) is 19.2. The van der Waals surface area contributed by atoms with Crippen LogP contribution in [0, 0.1) is 22.7 Å². The van der Waals surface area contributed by atoms with Gasteiger partial charge in [-0.2, -0.15) is 0 Å². The second kappa shape index (κ2) is 8.88. The number of aliphatic carboxylic acids is 1. The summed E-state index contributed by atoms with van der Waals surface area (Å²) in [6.07, 6.45) is 4.26. The second-order valence-electron chi connectivity index (χ2n) is 10.1. The zero-order chi connectivity index (χ0) is 22.1. The predicted octanol–water partition coefficient (Wildman–Crippen LogP) is 4.88. The van der Waals surface area contributed by atoms with E-state index in [0.717, 1.165) is 32.1 Å². The Labute approximate surface area is 184 Å². The molecule has 6 heteroatoms. The molecule has 2 fully saturated rings. The molecule has 2 aliphatic carbocycles. The van der Waals surface area contributed by atoms with E-state index in [9.17, 15) is 14.7 Å². The van der Waals surface area contributed by atoms with Crippen molar-refractivity contribution in [3.8, 4) is 0 Å². The van der Waals surface area contributed by atoms with Crippen molar-refractivity contribution < 1.29 is 19.4 Å². The van der Waals surface area contributed by atoms with Crippen LogP contribution in [0.4, 0.5) is 0 Å². The maximum Gasteiger partial charge on any atom is 0.309 e. The standard InChI is InChI=1S/C24H34ClNO4/c1-23(2,3)20(18(14-30-4)21(27)28)24(11-5-6-12-24)22(29)26-19-13-17(19)15-7-9-16(25)10-8-15/h7-10,17-20H,5-6,11-14H2,1-4H3,(H,26,29)(H,27,28). The first-order chi connectivity index (χ1) is 14.1. The molecule has 30 heavy (non-hydrogen) atoms. The highest BCUT2D eigenvalue weighted by Gasteiger charge is 2.57. The number of amides is 1. The van der Waals surface area contributed by atoms with Gasteiger partial charge in [0.15, 0.2) is 0 Å². The fourth-order valence-corrected chi connectivity index (χ4v) is 5.86. The number of halogens is 1. The summed E-state index contributed by atoms with van der Waals surface area (Å²) in [6.45, 7) is 6.25. The van der Waals surface area contributed by atoms with E-state index in [1.807, 2.05) is 45.0 Å². The van der Waals surface area contributed by atoms with Crippen LogP contribution in [0.25, 0.3) is 0 Å². The fraction of sp³-hybridized carbons (Fsp3) is 0.667. The molecule has 0 heterocycles. The highest BCUT2D eigenvalue weighted by atomic mass is 35.5. The van der Waals surface area contributed by atoms with Crippen molar-refractivity contribution in [2.75, 3.05) is 13.7 Å². The molecule has 4 atom stereocenters. The third kappa shape index (κ3) is 4.67. The lowest BCUT2D eigenvalue weighted by Gasteiger charge is -2.46. The predicted molar refractivity (Wildman–Crippen MR) is 118 cm³/mol. The number of hydrogen-bond acceptors (Lipinski definition) is 3. The summed E-state index contributed by atoms with van der Waals surface area (Å²) in [7, 11) is 1.53. The first-order valence-electron chi connectivity index (χ1n) is 10.9. The van der Waals surface area contributed by atoms with Crippen molar-refractivity contribution in [3.63, 3.8) is 0 Å². The molecule has 1 amide bonds. The van der Waals surface area contributed by atoms with Gasteiger partial charge in [-0.3, -0.25) is 9.59 Å². The fourth-order valence-electron chi connectivity index (χ4n) is 5.74. The van der Waals surface area contributed by atoms with Crippen molar-refractivity contribution in [1.82, 2.24) is 5.32 Å². The van der Waals surface area contributed by atoms with Gasteiger partial charge in [-0.15, -0.1) is 0 Å². The van der Waals surface area contributed by atoms with E-state index >= 15 is 0 Å². The molecule has 3 rings (SSSR count). The maximum atomic E-state index is 13.7. The SMILES string of the molecule is COCC(C(=O)O)C(C(C)(C)C)C1(C(=O)NC2CC2c2ccc(Cl)cc2)CCCC1. The minimum atomic E-state index is -0.888. The molecule has 0 radical (unpaired) electrons. The minimum Gasteiger partial charge on any atom is -0.481 e. The van der Waals surface area contributed by atoms with Crippen LogP contribution in [0.1, 0.15) is 64.4 Å². The normalized spacial score (nSPS) is 24.8. The number of methoxy groups -OCH3 is 1. The number of rotatable bonds is 8. The molecule has 4 unspecified atom stereocenters. The highest BCUT2D eigenvalue weighted by molar-refractivity contribution is 6.30. The van der Waals surface area contributed by atoms with Crippen molar-refractivity contribution in [1.29, 1.82) is 0 Å². The van der Waals surface area contributed by atoms with Gasteiger partial charge in [-0.1, -0.05) is 57.3 Å². The van der Waals surface area contributed by atoms with Gasteiger partial charge in [-0.25, -0.2) is 0 Å².